The van der Waals surface area contributed by atoms with E-state index in [-0.39, 0.29) is 29.9 Å². The summed E-state index contributed by atoms with van der Waals surface area (Å²) in [7, 11) is 3.38. The Hall–Kier alpha value is -2.95. The van der Waals surface area contributed by atoms with Gasteiger partial charge in [0, 0.05) is 44.6 Å². The molecular weight excluding hydrogens is 517 g/mol. The van der Waals surface area contributed by atoms with Gasteiger partial charge < -0.3 is 16.0 Å². The number of hydrogen-bond acceptors (Lipinski definition) is 4. The van der Waals surface area contributed by atoms with E-state index in [9.17, 15) is 4.79 Å². The second-order valence-electron chi connectivity index (χ2n) is 7.25. The number of pyridine rings is 1. The minimum Gasteiger partial charge on any atom is -0.356 e. The molecule has 32 heavy (non-hydrogen) atoms. The third-order valence-electron chi connectivity index (χ3n) is 4.84. The molecule has 0 bridgehead atoms. The van der Waals surface area contributed by atoms with E-state index in [0.29, 0.717) is 24.6 Å². The van der Waals surface area contributed by atoms with Crippen molar-refractivity contribution in [3.05, 3.63) is 76.7 Å². The van der Waals surface area contributed by atoms with Crippen molar-refractivity contribution < 1.29 is 4.79 Å². The van der Waals surface area contributed by atoms with Gasteiger partial charge >= 0.3 is 0 Å². The fourth-order valence-electron chi connectivity index (χ4n) is 3.25. The molecule has 0 aliphatic rings. The molecule has 0 fully saturated rings. The Morgan fingerprint density at radius 1 is 1.09 bits per heavy atom. The van der Waals surface area contributed by atoms with Gasteiger partial charge in [-0.3, -0.25) is 9.79 Å². The van der Waals surface area contributed by atoms with E-state index in [2.05, 4.69) is 31.0 Å². The molecule has 2 aromatic heterocycles. The second-order valence-corrected chi connectivity index (χ2v) is 7.25. The summed E-state index contributed by atoms with van der Waals surface area (Å²) in [5.74, 6) is 1.44. The molecule has 0 atom stereocenters. The van der Waals surface area contributed by atoms with Crippen LogP contribution in [0, 0.1) is 13.8 Å². The van der Waals surface area contributed by atoms with Gasteiger partial charge in [0.2, 0.25) is 0 Å². The molecule has 3 aromatic rings. The zero-order chi connectivity index (χ0) is 22.2. The highest BCUT2D eigenvalue weighted by Crippen LogP contribution is 2.10. The van der Waals surface area contributed by atoms with Crippen molar-refractivity contribution in [2.45, 2.75) is 26.8 Å². The van der Waals surface area contributed by atoms with Gasteiger partial charge in [0.05, 0.1) is 5.69 Å². The third-order valence-corrected chi connectivity index (χ3v) is 4.84. The number of nitrogens with one attached hydrogen (secondary N) is 3. The summed E-state index contributed by atoms with van der Waals surface area (Å²) < 4.78 is 1.84. The zero-order valence-corrected chi connectivity index (χ0v) is 21.2. The van der Waals surface area contributed by atoms with Crippen LogP contribution in [0.25, 0.3) is 5.82 Å². The van der Waals surface area contributed by atoms with Crippen LogP contribution in [0.1, 0.15) is 32.9 Å². The first-order chi connectivity index (χ1) is 15.0. The van der Waals surface area contributed by atoms with E-state index >= 15 is 0 Å². The van der Waals surface area contributed by atoms with E-state index in [1.807, 2.05) is 67.2 Å². The van der Waals surface area contributed by atoms with Gasteiger partial charge in [-0.2, -0.15) is 5.10 Å². The summed E-state index contributed by atoms with van der Waals surface area (Å²) in [6, 6.07) is 13.7. The van der Waals surface area contributed by atoms with Crippen LogP contribution in [-0.4, -0.2) is 47.3 Å². The summed E-state index contributed by atoms with van der Waals surface area (Å²) in [5.41, 5.74) is 4.83. The van der Waals surface area contributed by atoms with Crippen LogP contribution in [0.3, 0.4) is 0 Å². The number of halogens is 1. The molecule has 8 nitrogen and oxygen atoms in total. The molecule has 0 saturated heterocycles. The highest BCUT2D eigenvalue weighted by molar-refractivity contribution is 14.0. The fourth-order valence-corrected chi connectivity index (χ4v) is 3.25. The average molecular weight is 547 g/mol. The fraction of sp³-hybridized carbons (Fsp3) is 0.304. The number of hydrogen-bond donors (Lipinski definition) is 3. The van der Waals surface area contributed by atoms with Gasteiger partial charge in [-0.05, 0) is 55.7 Å². The Morgan fingerprint density at radius 3 is 2.53 bits per heavy atom. The predicted octanol–water partition coefficient (Wildman–Crippen LogP) is 2.77. The maximum atomic E-state index is 11.8. The van der Waals surface area contributed by atoms with Crippen LogP contribution < -0.4 is 16.0 Å². The normalized spacial score (nSPS) is 10.9. The predicted molar refractivity (Wildman–Crippen MR) is 138 cm³/mol. The van der Waals surface area contributed by atoms with Gasteiger partial charge in [0.1, 0.15) is 0 Å². The highest BCUT2D eigenvalue weighted by Gasteiger charge is 2.06. The van der Waals surface area contributed by atoms with Crippen molar-refractivity contribution in [3.8, 4) is 5.82 Å². The number of aromatic nitrogens is 3. The smallest absolute Gasteiger partial charge is 0.251 e. The molecule has 0 saturated carbocycles. The third kappa shape index (κ3) is 6.78. The first kappa shape index (κ1) is 25.3. The van der Waals surface area contributed by atoms with Crippen LogP contribution in [-0.2, 0) is 13.0 Å². The number of rotatable bonds is 7. The van der Waals surface area contributed by atoms with Crippen molar-refractivity contribution >= 4 is 35.8 Å². The number of carbonyl (C=O) groups is 1. The molecule has 0 aliphatic carbocycles. The average Bonchev–Trinajstić information content (AvgIpc) is 3.13. The molecule has 0 unspecified atom stereocenters. The maximum absolute atomic E-state index is 11.8. The topological polar surface area (TPSA) is 96.2 Å². The molecule has 1 amide bonds. The summed E-state index contributed by atoms with van der Waals surface area (Å²) >= 11 is 0. The minimum atomic E-state index is -0.0789. The number of aryl methyl sites for hydroxylation is 2. The van der Waals surface area contributed by atoms with Crippen LogP contribution in [0.2, 0.25) is 0 Å². The summed E-state index contributed by atoms with van der Waals surface area (Å²) in [5, 5.41) is 13.7. The van der Waals surface area contributed by atoms with Crippen LogP contribution >= 0.6 is 24.0 Å². The molecule has 0 aliphatic heterocycles. The number of benzene rings is 1. The highest BCUT2D eigenvalue weighted by atomic mass is 127. The first-order valence-corrected chi connectivity index (χ1v) is 10.2. The lowest BCUT2D eigenvalue weighted by Gasteiger charge is -2.12. The van der Waals surface area contributed by atoms with Gasteiger partial charge in [0.15, 0.2) is 11.8 Å². The minimum absolute atomic E-state index is 0. The van der Waals surface area contributed by atoms with Gasteiger partial charge in [-0.1, -0.05) is 18.2 Å². The molecule has 1 aromatic carbocycles. The molecule has 9 heteroatoms. The van der Waals surface area contributed by atoms with E-state index in [1.165, 1.54) is 0 Å². The number of nitrogens with zero attached hydrogens (tertiary/aromatic N) is 4. The van der Waals surface area contributed by atoms with Crippen molar-refractivity contribution in [2.24, 2.45) is 4.99 Å². The monoisotopic (exact) mass is 547 g/mol. The lowest BCUT2D eigenvalue weighted by atomic mass is 10.1. The SMILES string of the molecule is CN=C(NCCc1cccc(C(=O)NC)c1)NCc1ccc(-n2nc(C)cc2C)nc1.I. The molecule has 0 spiro atoms. The lowest BCUT2D eigenvalue weighted by Crippen LogP contribution is -2.37. The summed E-state index contributed by atoms with van der Waals surface area (Å²) in [6.07, 6.45) is 2.63. The van der Waals surface area contributed by atoms with Crippen molar-refractivity contribution in [3.63, 3.8) is 0 Å². The number of aliphatic imine (C=N–C) groups is 1. The van der Waals surface area contributed by atoms with Crippen LogP contribution in [0.4, 0.5) is 0 Å². The Balaban J connectivity index is 0.00000363. The Bertz CT molecular complexity index is 1060. The standard InChI is InChI=1S/C23H29N7O.HI/c1-16-12-17(2)30(29-16)21-9-8-19(14-27-21)15-28-23(25-4)26-11-10-18-6-5-7-20(13-18)22(31)24-3;/h5-9,12-14H,10-11,15H2,1-4H3,(H,24,31)(H2,25,26,28);1H. The second kappa shape index (κ2) is 12.2. The molecule has 170 valence electrons. The van der Waals surface area contributed by atoms with Crippen molar-refractivity contribution in [2.75, 3.05) is 20.6 Å². The molecule has 3 rings (SSSR count). The maximum Gasteiger partial charge on any atom is 0.251 e. The van der Waals surface area contributed by atoms with Crippen LogP contribution in [0.5, 0.6) is 0 Å². The van der Waals surface area contributed by atoms with Gasteiger partial charge in [-0.15, -0.1) is 24.0 Å². The molecular formula is C23H30IN7O. The summed E-state index contributed by atoms with van der Waals surface area (Å²) in [6.45, 7) is 5.29. The van der Waals surface area contributed by atoms with E-state index < -0.39 is 0 Å². The molecule has 0 radical (unpaired) electrons. The Kier molecular flexibility index (Phi) is 9.63. The van der Waals surface area contributed by atoms with E-state index in [1.54, 1.807) is 14.1 Å². The molecule has 3 N–H and O–H groups in total. The molecule has 2 heterocycles. The van der Waals surface area contributed by atoms with Gasteiger partial charge in [-0.25, -0.2) is 9.67 Å². The Morgan fingerprint density at radius 2 is 1.91 bits per heavy atom. The Labute approximate surface area is 206 Å². The first-order valence-electron chi connectivity index (χ1n) is 10.2. The van der Waals surface area contributed by atoms with Crippen molar-refractivity contribution in [1.29, 1.82) is 0 Å². The zero-order valence-electron chi connectivity index (χ0n) is 18.8. The lowest BCUT2D eigenvalue weighted by molar-refractivity contribution is 0.0963. The van der Waals surface area contributed by atoms with Gasteiger partial charge in [0.25, 0.3) is 5.91 Å². The largest absolute Gasteiger partial charge is 0.356 e. The number of guanidine groups is 1. The van der Waals surface area contributed by atoms with E-state index in [4.69, 9.17) is 0 Å². The quantitative estimate of drug-likeness (QED) is 0.240. The number of carbonyl (C=O) groups excluding carboxylic acids is 1. The van der Waals surface area contributed by atoms with Crippen molar-refractivity contribution in [1.82, 2.24) is 30.7 Å². The number of amides is 1. The summed E-state index contributed by atoms with van der Waals surface area (Å²) in [4.78, 5) is 20.6. The van der Waals surface area contributed by atoms with E-state index in [0.717, 1.165) is 34.8 Å². The van der Waals surface area contributed by atoms with Crippen LogP contribution in [0.15, 0.2) is 53.7 Å².